The first-order valence-corrected chi connectivity index (χ1v) is 4.07. The van der Waals surface area contributed by atoms with Gasteiger partial charge in [-0.05, 0) is 19.3 Å². The van der Waals surface area contributed by atoms with Crippen molar-refractivity contribution in [2.24, 2.45) is 5.73 Å². The second-order valence-electron chi connectivity index (χ2n) is 3.02. The molecule has 0 heterocycles. The van der Waals surface area contributed by atoms with Crippen LogP contribution < -0.4 is 5.73 Å². The first kappa shape index (κ1) is 8.51. The average Bonchev–Trinajstić information content (AvgIpc) is 1.96. The van der Waals surface area contributed by atoms with Crippen LogP contribution in [0.5, 0.6) is 0 Å². The highest BCUT2D eigenvalue weighted by Gasteiger charge is 2.28. The quantitative estimate of drug-likeness (QED) is 0.654. The van der Waals surface area contributed by atoms with Gasteiger partial charge in [-0.2, -0.15) is 5.26 Å². The summed E-state index contributed by atoms with van der Waals surface area (Å²) < 4.78 is 5.41. The Labute approximate surface area is 67.1 Å². The molecule has 0 aliphatic heterocycles. The van der Waals surface area contributed by atoms with Crippen LogP contribution in [0.1, 0.15) is 26.2 Å². The van der Waals surface area contributed by atoms with Crippen molar-refractivity contribution in [2.45, 2.75) is 44.4 Å². The summed E-state index contributed by atoms with van der Waals surface area (Å²) in [7, 11) is 0. The van der Waals surface area contributed by atoms with Crippen LogP contribution in [0.4, 0.5) is 0 Å². The number of hydrogen-bond acceptors (Lipinski definition) is 3. The van der Waals surface area contributed by atoms with Crippen LogP contribution in [0, 0.1) is 11.3 Å². The largest absolute Gasteiger partial charge is 0.360 e. The molecule has 0 spiro atoms. The molecule has 1 unspecified atom stereocenters. The van der Waals surface area contributed by atoms with Gasteiger partial charge in [0.1, 0.15) is 6.10 Å². The van der Waals surface area contributed by atoms with Gasteiger partial charge in [0.15, 0.2) is 0 Å². The smallest absolute Gasteiger partial charge is 0.144 e. The topological polar surface area (TPSA) is 59.0 Å². The lowest BCUT2D eigenvalue weighted by atomic mass is 9.90. The fraction of sp³-hybridized carbons (Fsp3) is 0.875. The van der Waals surface area contributed by atoms with E-state index in [9.17, 15) is 0 Å². The molecule has 1 aliphatic carbocycles. The highest BCUT2D eigenvalue weighted by molar-refractivity contribution is 4.89. The van der Waals surface area contributed by atoms with E-state index < -0.39 is 0 Å². The predicted molar refractivity (Wildman–Crippen MR) is 41.8 cm³/mol. The van der Waals surface area contributed by atoms with Gasteiger partial charge in [-0.15, -0.1) is 0 Å². The molecule has 1 rings (SSSR count). The van der Waals surface area contributed by atoms with Gasteiger partial charge < -0.3 is 10.5 Å². The molecule has 0 saturated heterocycles. The van der Waals surface area contributed by atoms with Crippen molar-refractivity contribution in [3.8, 4) is 6.07 Å². The molecule has 3 heteroatoms. The molecule has 62 valence electrons. The minimum atomic E-state index is -0.229. The predicted octanol–water partition coefficient (Wildman–Crippen LogP) is 0.795. The van der Waals surface area contributed by atoms with Crippen molar-refractivity contribution in [1.82, 2.24) is 0 Å². The van der Waals surface area contributed by atoms with Gasteiger partial charge in [-0.1, -0.05) is 6.92 Å². The van der Waals surface area contributed by atoms with Gasteiger partial charge in [0, 0.05) is 6.04 Å². The molecule has 0 aromatic rings. The molecular weight excluding hydrogens is 140 g/mol. The van der Waals surface area contributed by atoms with E-state index in [4.69, 9.17) is 15.7 Å². The van der Waals surface area contributed by atoms with E-state index in [0.29, 0.717) is 6.04 Å². The molecule has 1 aliphatic rings. The molecule has 1 fully saturated rings. The van der Waals surface area contributed by atoms with E-state index in [1.54, 1.807) is 0 Å². The summed E-state index contributed by atoms with van der Waals surface area (Å²) in [5, 5.41) is 8.55. The molecule has 2 N–H and O–H groups in total. The van der Waals surface area contributed by atoms with Crippen LogP contribution in [-0.4, -0.2) is 18.2 Å². The summed E-state index contributed by atoms with van der Waals surface area (Å²) in [6.45, 7) is 1.95. The monoisotopic (exact) mass is 154 g/mol. The van der Waals surface area contributed by atoms with Crippen LogP contribution in [0.15, 0.2) is 0 Å². The Balaban J connectivity index is 2.16. The van der Waals surface area contributed by atoms with Crippen LogP contribution in [0.2, 0.25) is 0 Å². The zero-order valence-electron chi connectivity index (χ0n) is 6.79. The molecule has 0 aromatic carbocycles. The van der Waals surface area contributed by atoms with Gasteiger partial charge in [0.2, 0.25) is 0 Å². The van der Waals surface area contributed by atoms with Crippen molar-refractivity contribution in [2.75, 3.05) is 0 Å². The molecule has 0 amide bonds. The second-order valence-corrected chi connectivity index (χ2v) is 3.02. The van der Waals surface area contributed by atoms with E-state index >= 15 is 0 Å². The van der Waals surface area contributed by atoms with E-state index in [1.807, 2.05) is 6.92 Å². The van der Waals surface area contributed by atoms with Crippen LogP contribution in [0.3, 0.4) is 0 Å². The standard InChI is InChI=1S/C8H14N2O/c1-2-7(5-9)11-8-3-6(10)4-8/h6-8H,2-4,10H2,1H3. The summed E-state index contributed by atoms with van der Waals surface area (Å²) >= 11 is 0. The second kappa shape index (κ2) is 3.70. The number of rotatable bonds is 3. The van der Waals surface area contributed by atoms with Gasteiger partial charge in [0.05, 0.1) is 12.2 Å². The SMILES string of the molecule is CCC(C#N)OC1CC(N)C1. The van der Waals surface area contributed by atoms with Crippen molar-refractivity contribution >= 4 is 0 Å². The van der Waals surface area contributed by atoms with Crippen molar-refractivity contribution in [3.05, 3.63) is 0 Å². The Morgan fingerprint density at radius 1 is 1.73 bits per heavy atom. The van der Waals surface area contributed by atoms with E-state index in [0.717, 1.165) is 19.3 Å². The number of nitrogens with two attached hydrogens (primary N) is 1. The summed E-state index contributed by atoms with van der Waals surface area (Å²) in [4.78, 5) is 0. The summed E-state index contributed by atoms with van der Waals surface area (Å²) in [6.07, 6.45) is 2.61. The Morgan fingerprint density at radius 2 is 2.36 bits per heavy atom. The van der Waals surface area contributed by atoms with E-state index in [-0.39, 0.29) is 12.2 Å². The summed E-state index contributed by atoms with van der Waals surface area (Å²) in [5.41, 5.74) is 5.56. The van der Waals surface area contributed by atoms with Crippen LogP contribution >= 0.6 is 0 Å². The molecular formula is C8H14N2O. The van der Waals surface area contributed by atoms with Gasteiger partial charge in [-0.25, -0.2) is 0 Å². The fourth-order valence-corrected chi connectivity index (χ4v) is 1.17. The fourth-order valence-electron chi connectivity index (χ4n) is 1.17. The molecule has 11 heavy (non-hydrogen) atoms. The number of hydrogen-bond donors (Lipinski definition) is 1. The first-order chi connectivity index (χ1) is 5.26. The minimum Gasteiger partial charge on any atom is -0.360 e. The first-order valence-electron chi connectivity index (χ1n) is 4.07. The summed E-state index contributed by atoms with van der Waals surface area (Å²) in [6, 6.07) is 2.40. The number of nitrogens with zero attached hydrogens (tertiary/aromatic N) is 1. The number of nitriles is 1. The minimum absolute atomic E-state index is 0.229. The third kappa shape index (κ3) is 2.18. The Morgan fingerprint density at radius 3 is 2.73 bits per heavy atom. The molecule has 0 radical (unpaired) electrons. The molecule has 1 saturated carbocycles. The Hall–Kier alpha value is -0.590. The van der Waals surface area contributed by atoms with Crippen LogP contribution in [-0.2, 0) is 4.74 Å². The molecule has 1 atom stereocenters. The third-order valence-electron chi connectivity index (χ3n) is 2.00. The van der Waals surface area contributed by atoms with E-state index in [1.165, 1.54) is 0 Å². The van der Waals surface area contributed by atoms with Crippen molar-refractivity contribution in [1.29, 1.82) is 5.26 Å². The lowest BCUT2D eigenvalue weighted by Gasteiger charge is -2.33. The Bertz CT molecular complexity index is 158. The zero-order chi connectivity index (χ0) is 8.27. The highest BCUT2D eigenvalue weighted by atomic mass is 16.5. The molecule has 0 bridgehead atoms. The van der Waals surface area contributed by atoms with Crippen molar-refractivity contribution < 1.29 is 4.74 Å². The maximum absolute atomic E-state index is 8.55. The van der Waals surface area contributed by atoms with Gasteiger partial charge in [-0.3, -0.25) is 0 Å². The third-order valence-corrected chi connectivity index (χ3v) is 2.00. The Kier molecular flexibility index (Phi) is 2.86. The maximum atomic E-state index is 8.55. The highest BCUT2D eigenvalue weighted by Crippen LogP contribution is 2.22. The lowest BCUT2D eigenvalue weighted by Crippen LogP contribution is -2.43. The van der Waals surface area contributed by atoms with Gasteiger partial charge in [0.25, 0.3) is 0 Å². The number of ether oxygens (including phenoxy) is 1. The lowest BCUT2D eigenvalue weighted by molar-refractivity contribution is -0.0371. The molecule has 3 nitrogen and oxygen atoms in total. The molecule has 0 aromatic heterocycles. The maximum Gasteiger partial charge on any atom is 0.144 e. The normalized spacial score (nSPS) is 32.1. The summed E-state index contributed by atoms with van der Waals surface area (Å²) in [5.74, 6) is 0. The average molecular weight is 154 g/mol. The van der Waals surface area contributed by atoms with E-state index in [2.05, 4.69) is 6.07 Å². The zero-order valence-corrected chi connectivity index (χ0v) is 6.79. The van der Waals surface area contributed by atoms with Gasteiger partial charge >= 0.3 is 0 Å². The van der Waals surface area contributed by atoms with Crippen molar-refractivity contribution in [3.63, 3.8) is 0 Å². The van der Waals surface area contributed by atoms with Crippen LogP contribution in [0.25, 0.3) is 0 Å².